The van der Waals surface area contributed by atoms with E-state index in [1.54, 1.807) is 18.5 Å². The summed E-state index contributed by atoms with van der Waals surface area (Å²) in [7, 11) is 0. The lowest BCUT2D eigenvalue weighted by Gasteiger charge is -2.35. The molecule has 5 N–H and O–H groups in total. The lowest BCUT2D eigenvalue weighted by molar-refractivity contribution is 0.634. The smallest absolute Gasteiger partial charge is 0.225 e. The van der Waals surface area contributed by atoms with E-state index in [4.69, 9.17) is 11.6 Å². The van der Waals surface area contributed by atoms with Gasteiger partial charge in [0.05, 0.1) is 0 Å². The maximum Gasteiger partial charge on any atom is 0.225 e. The second-order valence-corrected chi connectivity index (χ2v) is 4.64. The van der Waals surface area contributed by atoms with Gasteiger partial charge in [-0.05, 0) is 6.07 Å². The van der Waals surface area contributed by atoms with E-state index >= 15 is 0 Å². The molecule has 1 aliphatic heterocycles. The number of piperazine rings is 1. The standard InChI is InChI=1S/C12H17N9/c13-11-17-9(19-14)8-10(18-11)20-4-6-21(7-5-20)12-15-2-1-3-16-12/h1-3,8H,4-7,14H2,(H3,13,17,18,19). The highest BCUT2D eigenvalue weighted by Gasteiger charge is 2.20. The summed E-state index contributed by atoms with van der Waals surface area (Å²) in [4.78, 5) is 21.0. The van der Waals surface area contributed by atoms with Gasteiger partial charge in [-0.1, -0.05) is 0 Å². The van der Waals surface area contributed by atoms with Crippen molar-refractivity contribution in [3.05, 3.63) is 24.5 Å². The highest BCUT2D eigenvalue weighted by atomic mass is 15.3. The molecule has 1 saturated heterocycles. The van der Waals surface area contributed by atoms with Crippen molar-refractivity contribution < 1.29 is 0 Å². The summed E-state index contributed by atoms with van der Waals surface area (Å²) in [5, 5.41) is 0. The monoisotopic (exact) mass is 287 g/mol. The molecule has 0 amide bonds. The fourth-order valence-corrected chi connectivity index (χ4v) is 2.28. The van der Waals surface area contributed by atoms with Gasteiger partial charge in [-0.25, -0.2) is 15.8 Å². The zero-order valence-corrected chi connectivity index (χ0v) is 11.5. The first kappa shape index (κ1) is 13.3. The van der Waals surface area contributed by atoms with E-state index in [-0.39, 0.29) is 5.95 Å². The molecule has 1 fully saturated rings. The second-order valence-electron chi connectivity index (χ2n) is 4.64. The Morgan fingerprint density at radius 1 is 1.00 bits per heavy atom. The fourth-order valence-electron chi connectivity index (χ4n) is 2.28. The van der Waals surface area contributed by atoms with Crippen LogP contribution in [-0.4, -0.2) is 46.1 Å². The predicted octanol–water partition coefficient (Wildman–Crippen LogP) is -0.539. The lowest BCUT2D eigenvalue weighted by Crippen LogP contribution is -2.47. The quantitative estimate of drug-likeness (QED) is 0.504. The number of rotatable bonds is 3. The van der Waals surface area contributed by atoms with Crippen LogP contribution in [0.25, 0.3) is 0 Å². The van der Waals surface area contributed by atoms with Crippen LogP contribution in [0.3, 0.4) is 0 Å². The minimum Gasteiger partial charge on any atom is -0.368 e. The van der Waals surface area contributed by atoms with Gasteiger partial charge in [-0.2, -0.15) is 9.97 Å². The van der Waals surface area contributed by atoms with E-state index in [9.17, 15) is 0 Å². The van der Waals surface area contributed by atoms with E-state index in [0.717, 1.165) is 37.9 Å². The third-order valence-corrected chi connectivity index (χ3v) is 3.32. The summed E-state index contributed by atoms with van der Waals surface area (Å²) < 4.78 is 0. The van der Waals surface area contributed by atoms with E-state index in [2.05, 4.69) is 35.2 Å². The molecular weight excluding hydrogens is 270 g/mol. The topological polar surface area (TPSA) is 122 Å². The van der Waals surface area contributed by atoms with Crippen molar-refractivity contribution >= 4 is 23.5 Å². The molecule has 0 aromatic carbocycles. The van der Waals surface area contributed by atoms with Gasteiger partial charge in [0.2, 0.25) is 11.9 Å². The number of hydrazine groups is 1. The maximum atomic E-state index is 5.69. The van der Waals surface area contributed by atoms with Gasteiger partial charge in [0.25, 0.3) is 0 Å². The Labute approximate surface area is 122 Å². The number of nitrogens with one attached hydrogen (secondary N) is 1. The Balaban J connectivity index is 1.70. The molecule has 2 aromatic heterocycles. The van der Waals surface area contributed by atoms with Crippen LogP contribution in [0.1, 0.15) is 0 Å². The van der Waals surface area contributed by atoms with Crippen LogP contribution in [0.2, 0.25) is 0 Å². The lowest BCUT2D eigenvalue weighted by atomic mass is 10.3. The van der Waals surface area contributed by atoms with E-state index in [0.29, 0.717) is 5.82 Å². The Morgan fingerprint density at radius 2 is 1.67 bits per heavy atom. The molecule has 0 bridgehead atoms. The van der Waals surface area contributed by atoms with Crippen molar-refractivity contribution in [3.8, 4) is 0 Å². The van der Waals surface area contributed by atoms with Gasteiger partial charge < -0.3 is 21.0 Å². The van der Waals surface area contributed by atoms with Crippen LogP contribution in [0.4, 0.5) is 23.5 Å². The predicted molar refractivity (Wildman–Crippen MR) is 80.7 cm³/mol. The summed E-state index contributed by atoms with van der Waals surface area (Å²) in [6.07, 6.45) is 3.50. The number of nitrogens with two attached hydrogens (primary N) is 2. The van der Waals surface area contributed by atoms with Crippen LogP contribution in [0.5, 0.6) is 0 Å². The van der Waals surface area contributed by atoms with Crippen molar-refractivity contribution in [2.75, 3.05) is 47.1 Å². The number of nitrogen functional groups attached to an aromatic ring is 2. The Bertz CT molecular complexity index is 595. The zero-order chi connectivity index (χ0) is 14.7. The second kappa shape index (κ2) is 5.75. The zero-order valence-electron chi connectivity index (χ0n) is 11.5. The SMILES string of the molecule is NNc1cc(N2CCN(c3ncccn3)CC2)nc(N)n1. The summed E-state index contributed by atoms with van der Waals surface area (Å²) in [6, 6.07) is 3.59. The Hall–Kier alpha value is -2.68. The molecule has 9 nitrogen and oxygen atoms in total. The summed E-state index contributed by atoms with van der Waals surface area (Å²) >= 11 is 0. The van der Waals surface area contributed by atoms with Gasteiger partial charge in [0.1, 0.15) is 11.6 Å². The highest BCUT2D eigenvalue weighted by Crippen LogP contribution is 2.19. The van der Waals surface area contributed by atoms with Crippen LogP contribution in [-0.2, 0) is 0 Å². The summed E-state index contributed by atoms with van der Waals surface area (Å²) in [5.41, 5.74) is 8.18. The van der Waals surface area contributed by atoms with E-state index in [1.807, 2.05) is 6.07 Å². The molecule has 0 unspecified atom stereocenters. The van der Waals surface area contributed by atoms with Gasteiger partial charge >= 0.3 is 0 Å². The Morgan fingerprint density at radius 3 is 2.33 bits per heavy atom. The number of hydrogen-bond donors (Lipinski definition) is 3. The number of hydrogen-bond acceptors (Lipinski definition) is 9. The third kappa shape index (κ3) is 2.92. The Kier molecular flexibility index (Phi) is 3.65. The average molecular weight is 287 g/mol. The van der Waals surface area contributed by atoms with Gasteiger partial charge in [-0.15, -0.1) is 0 Å². The van der Waals surface area contributed by atoms with Crippen molar-refractivity contribution in [3.63, 3.8) is 0 Å². The fraction of sp³-hybridized carbons (Fsp3) is 0.333. The number of anilines is 4. The van der Waals surface area contributed by atoms with Crippen molar-refractivity contribution in [2.45, 2.75) is 0 Å². The molecule has 1 aliphatic rings. The molecule has 0 atom stereocenters. The largest absolute Gasteiger partial charge is 0.368 e. The minimum absolute atomic E-state index is 0.203. The molecule has 0 radical (unpaired) electrons. The minimum atomic E-state index is 0.203. The highest BCUT2D eigenvalue weighted by molar-refractivity contribution is 5.53. The molecule has 0 saturated carbocycles. The van der Waals surface area contributed by atoms with Crippen LogP contribution >= 0.6 is 0 Å². The molecule has 0 spiro atoms. The van der Waals surface area contributed by atoms with Crippen molar-refractivity contribution in [1.82, 2.24) is 19.9 Å². The molecule has 3 heterocycles. The molecule has 110 valence electrons. The molecular formula is C12H17N9. The maximum absolute atomic E-state index is 5.69. The van der Waals surface area contributed by atoms with Gasteiger partial charge in [0, 0.05) is 44.6 Å². The third-order valence-electron chi connectivity index (χ3n) is 3.32. The van der Waals surface area contributed by atoms with E-state index < -0.39 is 0 Å². The first-order valence-corrected chi connectivity index (χ1v) is 6.64. The van der Waals surface area contributed by atoms with Crippen LogP contribution < -0.4 is 26.8 Å². The first-order valence-electron chi connectivity index (χ1n) is 6.64. The number of nitrogens with zero attached hydrogens (tertiary/aromatic N) is 6. The van der Waals surface area contributed by atoms with Crippen molar-refractivity contribution in [1.29, 1.82) is 0 Å². The molecule has 0 aliphatic carbocycles. The normalized spacial score (nSPS) is 15.1. The molecule has 2 aromatic rings. The average Bonchev–Trinajstić information content (AvgIpc) is 2.55. The van der Waals surface area contributed by atoms with Crippen molar-refractivity contribution in [2.24, 2.45) is 5.84 Å². The van der Waals surface area contributed by atoms with Crippen LogP contribution in [0, 0.1) is 0 Å². The molecule has 3 rings (SSSR count). The van der Waals surface area contributed by atoms with Crippen LogP contribution in [0.15, 0.2) is 24.5 Å². The van der Waals surface area contributed by atoms with E-state index in [1.165, 1.54) is 0 Å². The number of aromatic nitrogens is 4. The first-order chi connectivity index (χ1) is 10.3. The summed E-state index contributed by atoms with van der Waals surface area (Å²) in [5.74, 6) is 7.61. The molecule has 21 heavy (non-hydrogen) atoms. The van der Waals surface area contributed by atoms with Gasteiger partial charge in [0.15, 0.2) is 0 Å². The summed E-state index contributed by atoms with van der Waals surface area (Å²) in [6.45, 7) is 3.25. The molecule has 9 heteroatoms. The van der Waals surface area contributed by atoms with Gasteiger partial charge in [-0.3, -0.25) is 0 Å².